The Morgan fingerprint density at radius 1 is 1.23 bits per heavy atom. The fourth-order valence-electron chi connectivity index (χ4n) is 2.37. The zero-order valence-corrected chi connectivity index (χ0v) is 15.1. The van der Waals surface area contributed by atoms with Gasteiger partial charge in [-0.25, -0.2) is 10.0 Å². The summed E-state index contributed by atoms with van der Waals surface area (Å²) in [6, 6.07) is 14.8. The fourth-order valence-corrected chi connectivity index (χ4v) is 3.19. The number of amides is 1. The van der Waals surface area contributed by atoms with Gasteiger partial charge in [-0.15, -0.1) is 0 Å². The lowest BCUT2D eigenvalue weighted by Gasteiger charge is -2.16. The van der Waals surface area contributed by atoms with Crippen LogP contribution in [-0.4, -0.2) is 41.0 Å². The monoisotopic (exact) mass is 371 g/mol. The lowest BCUT2D eigenvalue weighted by molar-refractivity contribution is -0.160. The quantitative estimate of drug-likeness (QED) is 0.409. The summed E-state index contributed by atoms with van der Waals surface area (Å²) in [5.74, 6) is -0.567. The van der Waals surface area contributed by atoms with E-state index in [1.54, 1.807) is 18.2 Å². The summed E-state index contributed by atoms with van der Waals surface area (Å²) in [4.78, 5) is 21.6. The summed E-state index contributed by atoms with van der Waals surface area (Å²) in [6.07, 6.45) is 0. The summed E-state index contributed by atoms with van der Waals surface area (Å²) in [7, 11) is 2.79. The third-order valence-corrected chi connectivity index (χ3v) is 4.71. The van der Waals surface area contributed by atoms with E-state index in [2.05, 4.69) is 10.1 Å². The van der Waals surface area contributed by atoms with Crippen molar-refractivity contribution in [2.75, 3.05) is 14.2 Å². The second-order valence-electron chi connectivity index (χ2n) is 5.33. The molecule has 0 atom stereocenters. The van der Waals surface area contributed by atoms with Gasteiger partial charge >= 0.3 is 0 Å². The molecule has 0 unspecified atom stereocenters. The average Bonchev–Trinajstić information content (AvgIpc) is 3.10. The molecule has 7 nitrogen and oxygen atoms in total. The van der Waals surface area contributed by atoms with Crippen molar-refractivity contribution in [1.29, 1.82) is 0 Å². The van der Waals surface area contributed by atoms with Crippen molar-refractivity contribution in [2.24, 2.45) is 5.16 Å². The first-order valence-electron chi connectivity index (χ1n) is 7.75. The van der Waals surface area contributed by atoms with E-state index in [1.165, 1.54) is 25.5 Å². The minimum absolute atomic E-state index is 0.127. The molecule has 0 bridgehead atoms. The van der Waals surface area contributed by atoms with Crippen LogP contribution in [0.3, 0.4) is 0 Å². The Hall–Kier alpha value is -2.97. The van der Waals surface area contributed by atoms with Crippen molar-refractivity contribution < 1.29 is 19.6 Å². The Bertz CT molecular complexity index is 921. The van der Waals surface area contributed by atoms with Crippen LogP contribution in [0.15, 0.2) is 53.7 Å². The van der Waals surface area contributed by atoms with E-state index in [0.717, 1.165) is 15.3 Å². The standard InChI is InChI=1S/C18H17N3O4S/c1-21(24-2)17(22)16(20-23)13-8-4-3-7-12(13)11-25-18-19-14-9-5-6-10-15(14)26-18/h3-10,23H,11H2,1-2H3/b20-16+. The van der Waals surface area contributed by atoms with E-state index >= 15 is 0 Å². The van der Waals surface area contributed by atoms with E-state index in [9.17, 15) is 10.0 Å². The van der Waals surface area contributed by atoms with Gasteiger partial charge in [0, 0.05) is 12.6 Å². The maximum atomic E-state index is 12.3. The summed E-state index contributed by atoms with van der Waals surface area (Å²) in [5, 5.41) is 14.0. The van der Waals surface area contributed by atoms with Crippen molar-refractivity contribution in [3.63, 3.8) is 0 Å². The topological polar surface area (TPSA) is 84.2 Å². The first-order chi connectivity index (χ1) is 12.6. The molecule has 1 heterocycles. The molecule has 0 aliphatic carbocycles. The highest BCUT2D eigenvalue weighted by Gasteiger charge is 2.22. The molecule has 0 aliphatic rings. The molecule has 0 aliphatic heterocycles. The number of ether oxygens (including phenoxy) is 1. The number of hydrogen-bond acceptors (Lipinski definition) is 7. The van der Waals surface area contributed by atoms with E-state index in [0.29, 0.717) is 16.3 Å². The normalized spacial score (nSPS) is 11.5. The van der Waals surface area contributed by atoms with Gasteiger partial charge in [-0.2, -0.15) is 0 Å². The number of hydroxylamine groups is 2. The molecular weight excluding hydrogens is 354 g/mol. The molecule has 0 spiro atoms. The van der Waals surface area contributed by atoms with Crippen molar-refractivity contribution >= 4 is 33.2 Å². The number of thiazole rings is 1. The molecular formula is C18H17N3O4S. The van der Waals surface area contributed by atoms with Crippen LogP contribution in [0.25, 0.3) is 10.2 Å². The van der Waals surface area contributed by atoms with Crippen LogP contribution in [0.4, 0.5) is 0 Å². The summed E-state index contributed by atoms with van der Waals surface area (Å²) in [6.45, 7) is 0.180. The van der Waals surface area contributed by atoms with Gasteiger partial charge in [0.05, 0.1) is 17.3 Å². The number of nitrogens with zero attached hydrogens (tertiary/aromatic N) is 3. The SMILES string of the molecule is CON(C)C(=O)/C(=N/O)c1ccccc1COc1nc2ccccc2s1. The maximum Gasteiger partial charge on any atom is 0.299 e. The number of benzene rings is 2. The number of likely N-dealkylation sites (N-methyl/N-ethyl adjacent to an activating group) is 1. The molecule has 0 saturated carbocycles. The van der Waals surface area contributed by atoms with Crippen molar-refractivity contribution in [2.45, 2.75) is 6.61 Å². The zero-order chi connectivity index (χ0) is 18.5. The van der Waals surface area contributed by atoms with Crippen LogP contribution in [0.5, 0.6) is 5.19 Å². The molecule has 26 heavy (non-hydrogen) atoms. The molecule has 1 amide bonds. The Kier molecular flexibility index (Phi) is 5.45. The molecule has 1 aromatic heterocycles. The predicted molar refractivity (Wildman–Crippen MR) is 98.5 cm³/mol. The Morgan fingerprint density at radius 3 is 2.69 bits per heavy atom. The molecule has 3 aromatic rings. The van der Waals surface area contributed by atoms with Gasteiger partial charge < -0.3 is 9.94 Å². The Labute approximate surface area is 154 Å². The van der Waals surface area contributed by atoms with E-state index in [-0.39, 0.29) is 12.3 Å². The highest BCUT2D eigenvalue weighted by atomic mass is 32.1. The van der Waals surface area contributed by atoms with Crippen LogP contribution in [0, 0.1) is 0 Å². The molecule has 3 rings (SSSR count). The third-order valence-electron chi connectivity index (χ3n) is 3.76. The highest BCUT2D eigenvalue weighted by molar-refractivity contribution is 7.20. The second-order valence-corrected chi connectivity index (χ2v) is 6.32. The van der Waals surface area contributed by atoms with Crippen molar-refractivity contribution in [3.8, 4) is 5.19 Å². The van der Waals surface area contributed by atoms with Crippen LogP contribution in [-0.2, 0) is 16.2 Å². The first kappa shape index (κ1) is 17.8. The van der Waals surface area contributed by atoms with Crippen molar-refractivity contribution in [3.05, 3.63) is 59.7 Å². The molecule has 2 aromatic carbocycles. The van der Waals surface area contributed by atoms with E-state index in [4.69, 9.17) is 9.57 Å². The van der Waals surface area contributed by atoms with E-state index < -0.39 is 5.91 Å². The largest absolute Gasteiger partial charge is 0.465 e. The van der Waals surface area contributed by atoms with Gasteiger partial charge in [0.25, 0.3) is 11.1 Å². The molecule has 1 N–H and O–H groups in total. The van der Waals surface area contributed by atoms with Crippen molar-refractivity contribution in [1.82, 2.24) is 10.0 Å². The summed E-state index contributed by atoms with van der Waals surface area (Å²) in [5.41, 5.74) is 1.90. The molecule has 0 radical (unpaired) electrons. The number of para-hydroxylation sites is 1. The molecule has 8 heteroatoms. The highest BCUT2D eigenvalue weighted by Crippen LogP contribution is 2.28. The Morgan fingerprint density at radius 2 is 1.96 bits per heavy atom. The minimum Gasteiger partial charge on any atom is -0.465 e. The zero-order valence-electron chi connectivity index (χ0n) is 14.2. The number of oxime groups is 1. The number of hydrogen-bond donors (Lipinski definition) is 1. The minimum atomic E-state index is -0.567. The first-order valence-corrected chi connectivity index (χ1v) is 8.56. The number of carbonyl (C=O) groups is 1. The predicted octanol–water partition coefficient (Wildman–Crippen LogP) is 3.07. The summed E-state index contributed by atoms with van der Waals surface area (Å²) < 4.78 is 6.83. The number of carbonyl (C=O) groups excluding carboxylic acids is 1. The maximum absolute atomic E-state index is 12.3. The number of fused-ring (bicyclic) bond motifs is 1. The van der Waals surface area contributed by atoms with Gasteiger partial charge in [0.15, 0.2) is 5.71 Å². The molecule has 134 valence electrons. The lowest BCUT2D eigenvalue weighted by atomic mass is 10.0. The van der Waals surface area contributed by atoms with Gasteiger partial charge in [-0.3, -0.25) is 9.63 Å². The van der Waals surface area contributed by atoms with Gasteiger partial charge in [0.2, 0.25) is 0 Å². The summed E-state index contributed by atoms with van der Waals surface area (Å²) >= 11 is 1.44. The smallest absolute Gasteiger partial charge is 0.299 e. The number of aromatic nitrogens is 1. The third kappa shape index (κ3) is 3.66. The van der Waals surface area contributed by atoms with Gasteiger partial charge in [-0.05, 0) is 17.7 Å². The molecule has 0 saturated heterocycles. The molecule has 0 fully saturated rings. The average molecular weight is 371 g/mol. The second kappa shape index (κ2) is 7.94. The van der Waals surface area contributed by atoms with Gasteiger partial charge in [-0.1, -0.05) is 52.9 Å². The lowest BCUT2D eigenvalue weighted by Crippen LogP contribution is -2.33. The van der Waals surface area contributed by atoms with E-state index in [1.807, 2.05) is 30.3 Å². The number of rotatable bonds is 6. The van der Waals surface area contributed by atoms with Gasteiger partial charge in [0.1, 0.15) is 6.61 Å². The van der Waals surface area contributed by atoms with Crippen LogP contribution >= 0.6 is 11.3 Å². The van der Waals surface area contributed by atoms with Crippen LogP contribution in [0.2, 0.25) is 0 Å². The Balaban J connectivity index is 1.83. The van der Waals surface area contributed by atoms with Crippen LogP contribution < -0.4 is 4.74 Å². The van der Waals surface area contributed by atoms with Crippen LogP contribution in [0.1, 0.15) is 11.1 Å². The fraction of sp³-hybridized carbons (Fsp3) is 0.167.